The van der Waals surface area contributed by atoms with Gasteiger partial charge in [0, 0.05) is 6.42 Å². The lowest BCUT2D eigenvalue weighted by atomic mass is 9.43. The number of halogens is 3. The molecule has 5 fully saturated rings. The number of hydrazine groups is 1. The third-order valence-corrected chi connectivity index (χ3v) is 11.9. The van der Waals surface area contributed by atoms with Crippen LogP contribution in [0, 0.1) is 23.2 Å². The smallest absolute Gasteiger partial charge is 0.404 e. The molecule has 1 unspecified atom stereocenters. The summed E-state index contributed by atoms with van der Waals surface area (Å²) in [6.07, 6.45) is -2.68. The second-order valence-corrected chi connectivity index (χ2v) is 16.3. The topological polar surface area (TPSA) is 179 Å². The molecule has 2 bridgehead atoms. The van der Waals surface area contributed by atoms with E-state index in [0.717, 1.165) is 18.4 Å². The fourth-order valence-corrected chi connectivity index (χ4v) is 8.45. The number of nitrogens with one attached hydrogen (secondary N) is 6. The van der Waals surface area contributed by atoms with Crippen LogP contribution >= 0.6 is 0 Å². The van der Waals surface area contributed by atoms with Gasteiger partial charge in [-0.15, -0.1) is 0 Å². The molecule has 54 heavy (non-hydrogen) atoms. The number of hydrogen-bond acceptors (Lipinski definition) is 8. The van der Waals surface area contributed by atoms with E-state index in [1.807, 2.05) is 6.07 Å². The van der Waals surface area contributed by atoms with Gasteiger partial charge >= 0.3 is 13.3 Å². The van der Waals surface area contributed by atoms with Crippen molar-refractivity contribution in [2.24, 2.45) is 23.2 Å². The lowest BCUT2D eigenvalue weighted by Crippen LogP contribution is -2.65. The summed E-state index contributed by atoms with van der Waals surface area (Å²) in [5.41, 5.74) is 2.67. The van der Waals surface area contributed by atoms with Gasteiger partial charge in [0.1, 0.15) is 18.1 Å². The van der Waals surface area contributed by atoms with E-state index in [4.69, 9.17) is 9.31 Å². The first kappa shape index (κ1) is 39.7. The summed E-state index contributed by atoms with van der Waals surface area (Å²) in [7, 11) is -0.608. The summed E-state index contributed by atoms with van der Waals surface area (Å²) in [4.78, 5) is 53.7. The third-order valence-electron chi connectivity index (χ3n) is 11.9. The standard InChI is InChI=1S/C38H50BF3N6O6/c1-21(2)31(46-30(49)17-24-13-10-14-25(15-24)37(47-48-37)38(40,41)42)34(52)45-27(16-23-11-8-7-9-12-23)33(51)44-22(3)32(50)43-20-39-53-29-19-26-18-28(35(26,4)5)36(29,6)54-39/h7-15,21-22,26-29,31,47-48H,16-20H2,1-6H3,(H,43,50)(H,44,51)(H,45,52)(H,46,49)/t22-,26?,27-,28-,29+,31-,36-/m0/s1. The Morgan fingerprint density at radius 3 is 2.20 bits per heavy atom. The average molecular weight is 755 g/mol. The van der Waals surface area contributed by atoms with Gasteiger partial charge in [-0.25, -0.2) is 10.9 Å². The first-order valence-corrected chi connectivity index (χ1v) is 18.6. The second kappa shape index (κ2) is 14.9. The van der Waals surface area contributed by atoms with Gasteiger partial charge in [0.15, 0.2) is 0 Å². The number of rotatable bonds is 14. The van der Waals surface area contributed by atoms with Gasteiger partial charge in [-0.05, 0) is 66.5 Å². The van der Waals surface area contributed by atoms with Gasteiger partial charge in [0.25, 0.3) is 0 Å². The maximum atomic E-state index is 13.7. The zero-order valence-electron chi connectivity index (χ0n) is 31.4. The molecule has 2 aromatic carbocycles. The van der Waals surface area contributed by atoms with Crippen LogP contribution in [-0.4, -0.2) is 73.2 Å². The fraction of sp³-hybridized carbons (Fsp3) is 0.579. The molecule has 3 aliphatic carbocycles. The molecule has 16 heteroatoms. The van der Waals surface area contributed by atoms with E-state index in [1.165, 1.54) is 24.3 Å². The van der Waals surface area contributed by atoms with Gasteiger partial charge in [-0.1, -0.05) is 82.3 Å². The lowest BCUT2D eigenvalue weighted by Gasteiger charge is -2.64. The number of carbonyl (C=O) groups is 4. The molecule has 0 aromatic heterocycles. The summed E-state index contributed by atoms with van der Waals surface area (Å²) in [5.74, 6) is -1.71. The fourth-order valence-electron chi connectivity index (χ4n) is 8.45. The lowest BCUT2D eigenvalue weighted by molar-refractivity contribution is -0.199. The van der Waals surface area contributed by atoms with Gasteiger partial charge < -0.3 is 30.6 Å². The minimum Gasteiger partial charge on any atom is -0.404 e. The predicted molar refractivity (Wildman–Crippen MR) is 194 cm³/mol. The number of alkyl halides is 3. The highest BCUT2D eigenvalue weighted by atomic mass is 19.4. The maximum Gasteiger partial charge on any atom is 0.478 e. The predicted octanol–water partition coefficient (Wildman–Crippen LogP) is 2.81. The number of carbonyl (C=O) groups excluding carboxylic acids is 4. The molecule has 4 amide bonds. The van der Waals surface area contributed by atoms with E-state index >= 15 is 0 Å². The highest BCUT2D eigenvalue weighted by Crippen LogP contribution is 2.65. The maximum absolute atomic E-state index is 13.7. The van der Waals surface area contributed by atoms with Crippen LogP contribution in [0.25, 0.3) is 0 Å². The molecule has 0 radical (unpaired) electrons. The number of amides is 4. The Hall–Kier alpha value is -3.99. The van der Waals surface area contributed by atoms with Crippen LogP contribution in [0.4, 0.5) is 13.2 Å². The third kappa shape index (κ3) is 7.89. The van der Waals surface area contributed by atoms with E-state index in [1.54, 1.807) is 45.0 Å². The molecule has 2 saturated heterocycles. The Balaban J connectivity index is 1.05. The molecule has 3 saturated carbocycles. The van der Waals surface area contributed by atoms with Crippen molar-refractivity contribution >= 4 is 30.7 Å². The minimum atomic E-state index is -4.60. The molecular formula is C38H50BF3N6O6. The van der Waals surface area contributed by atoms with Crippen LogP contribution < -0.4 is 32.1 Å². The Bertz CT molecular complexity index is 1740. The van der Waals surface area contributed by atoms with Gasteiger partial charge in [-0.2, -0.15) is 13.2 Å². The molecule has 12 nitrogen and oxygen atoms in total. The first-order chi connectivity index (χ1) is 25.3. The molecule has 7 atom stereocenters. The van der Waals surface area contributed by atoms with Crippen molar-refractivity contribution in [3.8, 4) is 0 Å². The van der Waals surface area contributed by atoms with Crippen molar-refractivity contribution in [3.63, 3.8) is 0 Å². The molecule has 7 rings (SSSR count). The highest BCUT2D eigenvalue weighted by Gasteiger charge is 2.68. The monoisotopic (exact) mass is 754 g/mol. The van der Waals surface area contributed by atoms with Gasteiger partial charge in [-0.3, -0.25) is 19.2 Å². The zero-order valence-corrected chi connectivity index (χ0v) is 31.4. The molecule has 2 aromatic rings. The quantitative estimate of drug-likeness (QED) is 0.126. The SMILES string of the molecule is CC(C)[C@H](NC(=O)Cc1cccc(C2(C(F)(F)F)NN2)c1)C(=O)N[C@@H](Cc1ccccc1)C(=O)N[C@@H](C)C(=O)NCB1O[C@@H]2CC3C[C@@H](C3(C)C)[C@]2(C)O1. The number of benzene rings is 2. The summed E-state index contributed by atoms with van der Waals surface area (Å²) in [6, 6.07) is 11.4. The largest absolute Gasteiger partial charge is 0.478 e. The molecule has 292 valence electrons. The van der Waals surface area contributed by atoms with Crippen molar-refractivity contribution in [1.82, 2.24) is 32.1 Å². The van der Waals surface area contributed by atoms with Crippen molar-refractivity contribution < 1.29 is 41.7 Å². The molecule has 0 spiro atoms. The van der Waals surface area contributed by atoms with Crippen LogP contribution in [-0.2, 0) is 47.0 Å². The Morgan fingerprint density at radius 1 is 0.889 bits per heavy atom. The summed E-state index contributed by atoms with van der Waals surface area (Å²) < 4.78 is 53.4. The van der Waals surface area contributed by atoms with Crippen LogP contribution in [0.5, 0.6) is 0 Å². The van der Waals surface area contributed by atoms with Crippen LogP contribution in [0.3, 0.4) is 0 Å². The van der Waals surface area contributed by atoms with E-state index in [-0.39, 0.29) is 36.4 Å². The normalized spacial score (nSPS) is 26.4. The van der Waals surface area contributed by atoms with E-state index in [0.29, 0.717) is 17.4 Å². The van der Waals surface area contributed by atoms with Crippen molar-refractivity contribution in [1.29, 1.82) is 0 Å². The molecule has 2 heterocycles. The van der Waals surface area contributed by atoms with Crippen molar-refractivity contribution in [2.45, 2.75) is 109 Å². The van der Waals surface area contributed by atoms with Crippen molar-refractivity contribution in [2.75, 3.05) is 6.44 Å². The van der Waals surface area contributed by atoms with Gasteiger partial charge in [0.2, 0.25) is 29.3 Å². The summed E-state index contributed by atoms with van der Waals surface area (Å²) in [5, 5.41) is 11.0. The average Bonchev–Trinajstić information content (AvgIpc) is 3.86. The second-order valence-electron chi connectivity index (χ2n) is 16.3. The minimum absolute atomic E-state index is 0.0328. The summed E-state index contributed by atoms with van der Waals surface area (Å²) >= 11 is 0. The van der Waals surface area contributed by atoms with Gasteiger partial charge in [0.05, 0.1) is 24.6 Å². The Kier molecular flexibility index (Phi) is 11.0. The summed E-state index contributed by atoms with van der Waals surface area (Å²) in [6.45, 7) is 11.6. The van der Waals surface area contributed by atoms with E-state index < -0.39 is 72.2 Å². The molecule has 2 aliphatic heterocycles. The van der Waals surface area contributed by atoms with Crippen LogP contribution in [0.15, 0.2) is 54.6 Å². The van der Waals surface area contributed by atoms with E-state index in [9.17, 15) is 32.3 Å². The Morgan fingerprint density at radius 2 is 1.57 bits per heavy atom. The molecule has 6 N–H and O–H groups in total. The van der Waals surface area contributed by atoms with Crippen LogP contribution in [0.1, 0.15) is 71.1 Å². The van der Waals surface area contributed by atoms with E-state index in [2.05, 4.69) is 52.9 Å². The first-order valence-electron chi connectivity index (χ1n) is 18.6. The van der Waals surface area contributed by atoms with Crippen LogP contribution in [0.2, 0.25) is 0 Å². The number of hydrogen-bond donors (Lipinski definition) is 6. The Labute approximate surface area is 313 Å². The van der Waals surface area contributed by atoms with Crippen molar-refractivity contribution in [3.05, 3.63) is 71.3 Å². The molecule has 5 aliphatic rings. The highest BCUT2D eigenvalue weighted by molar-refractivity contribution is 6.46. The molecular weight excluding hydrogens is 704 g/mol. The zero-order chi connectivity index (χ0) is 39.2.